The molecule has 0 aliphatic heterocycles. The molecule has 3 rings (SSSR count). The summed E-state index contributed by atoms with van der Waals surface area (Å²) < 4.78 is 17.2. The lowest BCUT2D eigenvalue weighted by atomic mass is 10.1. The molecule has 0 saturated heterocycles. The van der Waals surface area contributed by atoms with Crippen molar-refractivity contribution in [3.05, 3.63) is 48.0 Å². The molecule has 3 aromatic rings. The van der Waals surface area contributed by atoms with Gasteiger partial charge in [-0.3, -0.25) is 4.79 Å². The molecule has 128 valence electrons. The number of methoxy groups -OCH3 is 3. The fraction of sp³-hybridized carbons (Fsp3) is 0.167. The molecular formula is C18H17N3O4. The molecule has 1 heterocycles. The van der Waals surface area contributed by atoms with Crippen LogP contribution in [-0.4, -0.2) is 42.2 Å². The Morgan fingerprint density at radius 1 is 1.00 bits per heavy atom. The summed E-state index contributed by atoms with van der Waals surface area (Å²) >= 11 is 0. The largest absolute Gasteiger partial charge is 0.493 e. The van der Waals surface area contributed by atoms with Crippen LogP contribution in [0, 0.1) is 0 Å². The predicted molar refractivity (Wildman–Crippen MR) is 93.3 cm³/mol. The Labute approximate surface area is 144 Å². The topological polar surface area (TPSA) is 75.5 Å². The summed E-state index contributed by atoms with van der Waals surface area (Å²) in [5.41, 5.74) is 1.99. The Morgan fingerprint density at radius 3 is 2.48 bits per heavy atom. The molecule has 0 aliphatic carbocycles. The lowest BCUT2D eigenvalue weighted by molar-refractivity contribution is 0.0958. The van der Waals surface area contributed by atoms with Gasteiger partial charge >= 0.3 is 0 Å². The summed E-state index contributed by atoms with van der Waals surface area (Å²) in [5.74, 6) is 1.18. The van der Waals surface area contributed by atoms with Crippen molar-refractivity contribution in [2.45, 2.75) is 0 Å². The average Bonchev–Trinajstić information content (AvgIpc) is 3.09. The number of rotatable bonds is 5. The number of hydrogen-bond acceptors (Lipinski definition) is 6. The van der Waals surface area contributed by atoms with Crippen LogP contribution in [0.5, 0.6) is 17.2 Å². The summed E-state index contributed by atoms with van der Waals surface area (Å²) in [7, 11) is 4.61. The van der Waals surface area contributed by atoms with Gasteiger partial charge in [-0.1, -0.05) is 17.3 Å². The van der Waals surface area contributed by atoms with Gasteiger partial charge in [-0.25, -0.2) is 0 Å². The number of benzene rings is 2. The number of nitrogens with zero attached hydrogens (tertiary/aromatic N) is 3. The highest BCUT2D eigenvalue weighted by molar-refractivity contribution is 5.98. The fourth-order valence-electron chi connectivity index (χ4n) is 2.52. The Bertz CT molecular complexity index is 947. The maximum absolute atomic E-state index is 12.4. The molecule has 0 N–H and O–H groups in total. The smallest absolute Gasteiger partial charge is 0.272 e. The van der Waals surface area contributed by atoms with E-state index in [4.69, 9.17) is 14.2 Å². The molecule has 0 bridgehead atoms. The van der Waals surface area contributed by atoms with Gasteiger partial charge in [0.25, 0.3) is 5.91 Å². The summed E-state index contributed by atoms with van der Waals surface area (Å²) in [5, 5.41) is 7.88. The zero-order valence-electron chi connectivity index (χ0n) is 14.1. The number of fused-ring (bicyclic) bond motifs is 1. The SMILES string of the molecule is COc1ccc(C=CC(=O)n2nnc3ccccc32)c(OC)c1OC. The third-order valence-corrected chi connectivity index (χ3v) is 3.70. The van der Waals surface area contributed by atoms with Gasteiger partial charge in [0.1, 0.15) is 5.52 Å². The van der Waals surface area contributed by atoms with Crippen molar-refractivity contribution in [2.24, 2.45) is 0 Å². The summed E-state index contributed by atoms with van der Waals surface area (Å²) in [4.78, 5) is 12.4. The highest BCUT2D eigenvalue weighted by Crippen LogP contribution is 2.40. The van der Waals surface area contributed by atoms with Crippen LogP contribution in [0.1, 0.15) is 10.4 Å². The van der Waals surface area contributed by atoms with Crippen molar-refractivity contribution >= 4 is 23.0 Å². The summed E-state index contributed by atoms with van der Waals surface area (Å²) in [6.07, 6.45) is 3.05. The Hall–Kier alpha value is -3.35. The second-order valence-electron chi connectivity index (χ2n) is 5.09. The second-order valence-corrected chi connectivity index (χ2v) is 5.09. The second kappa shape index (κ2) is 7.04. The van der Waals surface area contributed by atoms with Gasteiger partial charge in [0.15, 0.2) is 11.5 Å². The van der Waals surface area contributed by atoms with Gasteiger partial charge in [-0.15, -0.1) is 5.10 Å². The van der Waals surface area contributed by atoms with Crippen molar-refractivity contribution in [1.82, 2.24) is 15.0 Å². The maximum atomic E-state index is 12.4. The van der Waals surface area contributed by atoms with Crippen LogP contribution in [-0.2, 0) is 0 Å². The van der Waals surface area contributed by atoms with E-state index in [0.29, 0.717) is 33.8 Å². The zero-order valence-corrected chi connectivity index (χ0v) is 14.1. The van der Waals surface area contributed by atoms with Crippen LogP contribution in [0.25, 0.3) is 17.1 Å². The zero-order chi connectivity index (χ0) is 17.8. The lowest BCUT2D eigenvalue weighted by Crippen LogP contribution is -2.09. The van der Waals surface area contributed by atoms with Gasteiger partial charge in [-0.2, -0.15) is 4.68 Å². The molecule has 0 spiro atoms. The molecule has 0 atom stereocenters. The molecule has 0 fully saturated rings. The van der Waals surface area contributed by atoms with E-state index in [-0.39, 0.29) is 5.91 Å². The molecule has 0 aliphatic rings. The minimum atomic E-state index is -0.314. The third-order valence-electron chi connectivity index (χ3n) is 3.70. The predicted octanol–water partition coefficient (Wildman–Crippen LogP) is 2.81. The maximum Gasteiger partial charge on any atom is 0.272 e. The molecule has 2 aromatic carbocycles. The van der Waals surface area contributed by atoms with Crippen molar-refractivity contribution < 1.29 is 19.0 Å². The number of ether oxygens (including phenoxy) is 3. The molecule has 7 heteroatoms. The minimum absolute atomic E-state index is 0.314. The average molecular weight is 339 g/mol. The Kier molecular flexibility index (Phi) is 4.65. The van der Waals surface area contributed by atoms with Crippen molar-refractivity contribution in [2.75, 3.05) is 21.3 Å². The first-order valence-electron chi connectivity index (χ1n) is 7.51. The number of carbonyl (C=O) groups is 1. The van der Waals surface area contributed by atoms with E-state index in [2.05, 4.69) is 10.3 Å². The van der Waals surface area contributed by atoms with Crippen LogP contribution in [0.2, 0.25) is 0 Å². The Balaban J connectivity index is 1.95. The van der Waals surface area contributed by atoms with Crippen LogP contribution < -0.4 is 14.2 Å². The first-order valence-corrected chi connectivity index (χ1v) is 7.51. The van der Waals surface area contributed by atoms with E-state index in [0.717, 1.165) is 0 Å². The minimum Gasteiger partial charge on any atom is -0.493 e. The van der Waals surface area contributed by atoms with E-state index in [9.17, 15) is 4.79 Å². The Morgan fingerprint density at radius 2 is 1.76 bits per heavy atom. The van der Waals surface area contributed by atoms with Gasteiger partial charge in [-0.05, 0) is 30.3 Å². The standard InChI is InChI=1S/C18H17N3O4/c1-23-15-10-8-12(17(24-2)18(15)25-3)9-11-16(22)21-14-7-5-4-6-13(14)19-20-21/h4-11H,1-3H3. The van der Waals surface area contributed by atoms with E-state index in [1.165, 1.54) is 25.0 Å². The number of carbonyl (C=O) groups excluding carboxylic acids is 1. The first-order chi connectivity index (χ1) is 12.2. The van der Waals surface area contributed by atoms with Crippen molar-refractivity contribution in [1.29, 1.82) is 0 Å². The normalized spacial score (nSPS) is 11.0. The quantitative estimate of drug-likeness (QED) is 0.665. The first kappa shape index (κ1) is 16.5. The van der Waals surface area contributed by atoms with Crippen molar-refractivity contribution in [3.8, 4) is 17.2 Å². The molecule has 0 radical (unpaired) electrons. The molecule has 1 aromatic heterocycles. The summed E-state index contributed by atoms with van der Waals surface area (Å²) in [6, 6.07) is 10.8. The number of para-hydroxylation sites is 1. The molecule has 7 nitrogen and oxygen atoms in total. The van der Waals surface area contributed by atoms with Gasteiger partial charge in [0.2, 0.25) is 5.75 Å². The monoisotopic (exact) mass is 339 g/mol. The molecule has 25 heavy (non-hydrogen) atoms. The van der Waals surface area contributed by atoms with Crippen LogP contribution >= 0.6 is 0 Å². The van der Waals surface area contributed by atoms with E-state index < -0.39 is 0 Å². The van der Waals surface area contributed by atoms with Crippen molar-refractivity contribution in [3.63, 3.8) is 0 Å². The highest BCUT2D eigenvalue weighted by Gasteiger charge is 2.15. The van der Waals surface area contributed by atoms with E-state index in [1.54, 1.807) is 37.5 Å². The third kappa shape index (κ3) is 3.03. The highest BCUT2D eigenvalue weighted by atomic mass is 16.5. The van der Waals surface area contributed by atoms with E-state index in [1.807, 2.05) is 12.1 Å². The van der Waals surface area contributed by atoms with Gasteiger partial charge in [0, 0.05) is 11.6 Å². The van der Waals surface area contributed by atoms with Crippen LogP contribution in [0.15, 0.2) is 42.5 Å². The van der Waals surface area contributed by atoms with E-state index >= 15 is 0 Å². The van der Waals surface area contributed by atoms with Gasteiger partial charge in [0.05, 0.1) is 26.8 Å². The fourth-order valence-corrected chi connectivity index (χ4v) is 2.52. The van der Waals surface area contributed by atoms with Crippen LogP contribution in [0.3, 0.4) is 0 Å². The number of allylic oxidation sites excluding steroid dienone is 1. The number of aromatic nitrogens is 3. The van der Waals surface area contributed by atoms with Gasteiger partial charge < -0.3 is 14.2 Å². The van der Waals surface area contributed by atoms with Crippen LogP contribution in [0.4, 0.5) is 0 Å². The molecular weight excluding hydrogens is 322 g/mol. The summed E-state index contributed by atoms with van der Waals surface area (Å²) in [6.45, 7) is 0. The molecule has 0 unspecified atom stereocenters. The lowest BCUT2D eigenvalue weighted by Gasteiger charge is -2.13. The number of hydrogen-bond donors (Lipinski definition) is 0. The molecule has 0 saturated carbocycles. The molecule has 0 amide bonds.